The number of likely N-dealkylation sites (N-methyl/N-ethyl adjacent to an activating group) is 1. The second-order valence-corrected chi connectivity index (χ2v) is 16.9. The smallest absolute Gasteiger partial charge is 0.306 e. The lowest BCUT2D eigenvalue weighted by Gasteiger charge is -2.44. The normalized spacial score (nSPS) is 43.7. The van der Waals surface area contributed by atoms with Crippen molar-refractivity contribution in [2.45, 2.75) is 166 Å². The zero-order valence-electron chi connectivity index (χ0n) is 34.6. The van der Waals surface area contributed by atoms with E-state index in [-0.39, 0.29) is 102 Å². The Kier molecular flexibility index (Phi) is 14.3. The summed E-state index contributed by atoms with van der Waals surface area (Å²) in [5.41, 5.74) is 0.728. The van der Waals surface area contributed by atoms with Crippen molar-refractivity contribution >= 4 is 17.7 Å². The van der Waals surface area contributed by atoms with Crippen molar-refractivity contribution in [3.05, 3.63) is 23.8 Å². The molecule has 0 aromatic rings. The number of ketones is 1. The Morgan fingerprint density at radius 2 is 1.60 bits per heavy atom. The van der Waals surface area contributed by atoms with Gasteiger partial charge in [0.2, 0.25) is 5.91 Å². The van der Waals surface area contributed by atoms with E-state index in [0.717, 1.165) is 37.7 Å². The van der Waals surface area contributed by atoms with Gasteiger partial charge < -0.3 is 42.8 Å². The molecule has 0 aromatic heterocycles. The SMILES string of the molecule is CCC(=O)N(C)[C@H]1CC[C@H](O[C@H]2CCC[C@H](CC)OC(=O)C[C@@H]3C(=C[C@@H]4[C@H]3C=C[C@@H]3C[C@@H](O[C@@H]5OC(C)[C@H](OC)C(OC)C5OC)C[C@@H]43)C(=O)[C@@H]2C)OC1C. The second-order valence-electron chi connectivity index (χ2n) is 16.9. The average Bonchev–Trinajstić information content (AvgIpc) is 3.76. The standard InChI is InChI=1S/C43H67NO11/c1-10-27-13-12-14-35(55-38-18-17-34(24(4)51-38)44(6)36(45)11-2)23(3)39(47)33-21-31-29(32(33)22-37(46)53-27)16-15-26-19-28(20-30(26)31)54-43-42(50-9)41(49-8)40(48-7)25(5)52-43/h15-16,21,23-32,34-35,38,40-43H,10-14,17-20,22H2,1-9H3/t23-,24?,25?,26-,27+,28-,29-,30-,31-,32+,34+,35+,38+,40+,41?,42?,43+/m1/s1. The summed E-state index contributed by atoms with van der Waals surface area (Å²) in [6.45, 7) is 9.87. The van der Waals surface area contributed by atoms with Crippen LogP contribution in [0.4, 0.5) is 0 Å². The summed E-state index contributed by atoms with van der Waals surface area (Å²) in [7, 11) is 6.79. The molecule has 4 unspecified atom stereocenters. The van der Waals surface area contributed by atoms with Crippen molar-refractivity contribution in [2.24, 2.45) is 35.5 Å². The monoisotopic (exact) mass is 773 g/mol. The molecule has 0 spiro atoms. The van der Waals surface area contributed by atoms with Crippen molar-refractivity contribution < 1.29 is 52.3 Å². The first-order valence-electron chi connectivity index (χ1n) is 21.0. The van der Waals surface area contributed by atoms with Crippen LogP contribution in [-0.2, 0) is 52.3 Å². The quantitative estimate of drug-likeness (QED) is 0.198. The fourth-order valence-corrected chi connectivity index (χ4v) is 10.7. The number of fused-ring (bicyclic) bond motifs is 5. The molecule has 0 bridgehead atoms. The predicted molar refractivity (Wildman–Crippen MR) is 204 cm³/mol. The number of amides is 1. The molecule has 1 amide bonds. The van der Waals surface area contributed by atoms with Gasteiger partial charge in [-0.3, -0.25) is 14.4 Å². The van der Waals surface area contributed by atoms with E-state index in [1.165, 1.54) is 0 Å². The maximum atomic E-state index is 14.7. The maximum absolute atomic E-state index is 14.7. The Labute approximate surface area is 328 Å². The van der Waals surface area contributed by atoms with Gasteiger partial charge in [0, 0.05) is 53.1 Å². The van der Waals surface area contributed by atoms with Crippen LogP contribution in [0, 0.1) is 35.5 Å². The zero-order valence-corrected chi connectivity index (χ0v) is 34.6. The van der Waals surface area contributed by atoms with Crippen LogP contribution < -0.4 is 0 Å². The fraction of sp³-hybridized carbons (Fsp3) is 0.837. The molecule has 310 valence electrons. The average molecular weight is 774 g/mol. The molecular weight excluding hydrogens is 706 g/mol. The molecule has 3 saturated heterocycles. The Hall–Kier alpha value is -2.19. The zero-order chi connectivity index (χ0) is 39.6. The lowest BCUT2D eigenvalue weighted by Crippen LogP contribution is -2.59. The number of hydrogen-bond donors (Lipinski definition) is 0. The molecule has 55 heavy (non-hydrogen) atoms. The van der Waals surface area contributed by atoms with Gasteiger partial charge in [0.15, 0.2) is 18.4 Å². The van der Waals surface area contributed by atoms with Gasteiger partial charge >= 0.3 is 5.97 Å². The number of rotatable bonds is 10. The third-order valence-electron chi connectivity index (χ3n) is 13.8. The summed E-state index contributed by atoms with van der Waals surface area (Å²) in [5, 5.41) is 0. The highest BCUT2D eigenvalue weighted by Gasteiger charge is 2.52. The van der Waals surface area contributed by atoms with E-state index in [0.29, 0.717) is 25.7 Å². The van der Waals surface area contributed by atoms with Crippen molar-refractivity contribution in [1.82, 2.24) is 4.90 Å². The largest absolute Gasteiger partial charge is 0.462 e. The summed E-state index contributed by atoms with van der Waals surface area (Å²) in [4.78, 5) is 42.5. The number of methoxy groups -OCH3 is 3. The number of carbonyl (C=O) groups is 3. The second kappa shape index (κ2) is 18.6. The third kappa shape index (κ3) is 8.95. The third-order valence-corrected chi connectivity index (χ3v) is 13.8. The van der Waals surface area contributed by atoms with Crippen LogP contribution >= 0.6 is 0 Å². The summed E-state index contributed by atoms with van der Waals surface area (Å²) < 4.78 is 49.6. The Morgan fingerprint density at radius 1 is 0.855 bits per heavy atom. The van der Waals surface area contributed by atoms with Crippen LogP contribution in [0.1, 0.15) is 98.8 Å². The number of ether oxygens (including phenoxy) is 8. The molecule has 0 radical (unpaired) electrons. The molecule has 12 heteroatoms. The number of cyclic esters (lactones) is 1. The van der Waals surface area contributed by atoms with Crippen molar-refractivity contribution in [1.29, 1.82) is 0 Å². The minimum Gasteiger partial charge on any atom is -0.462 e. The highest BCUT2D eigenvalue weighted by Crippen LogP contribution is 2.54. The molecule has 3 aliphatic heterocycles. The Morgan fingerprint density at radius 3 is 2.27 bits per heavy atom. The van der Waals surface area contributed by atoms with Crippen LogP contribution in [0.25, 0.3) is 0 Å². The first-order chi connectivity index (χ1) is 26.4. The van der Waals surface area contributed by atoms with Crippen molar-refractivity contribution in [2.75, 3.05) is 28.4 Å². The van der Waals surface area contributed by atoms with E-state index >= 15 is 0 Å². The molecule has 12 nitrogen and oxygen atoms in total. The van der Waals surface area contributed by atoms with Gasteiger partial charge in [0.25, 0.3) is 0 Å². The van der Waals surface area contributed by atoms with E-state index in [4.69, 9.17) is 37.9 Å². The number of Topliss-reactive ketones (excluding diaryl/α,β-unsaturated/α-hetero) is 1. The van der Waals surface area contributed by atoms with Crippen molar-refractivity contribution in [3.8, 4) is 0 Å². The minimum atomic E-state index is -0.611. The molecule has 0 aromatic carbocycles. The highest BCUT2D eigenvalue weighted by atomic mass is 16.7. The number of allylic oxidation sites excluding steroid dienone is 4. The summed E-state index contributed by atoms with van der Waals surface area (Å²) in [6.07, 6.45) is 10.1. The molecule has 4 fully saturated rings. The van der Waals surface area contributed by atoms with Gasteiger partial charge in [0.1, 0.15) is 24.4 Å². The molecule has 6 aliphatic rings. The van der Waals surface area contributed by atoms with E-state index < -0.39 is 24.6 Å². The van der Waals surface area contributed by atoms with Crippen LogP contribution in [0.3, 0.4) is 0 Å². The molecule has 3 heterocycles. The van der Waals surface area contributed by atoms with E-state index in [1.54, 1.807) is 26.2 Å². The lowest BCUT2D eigenvalue weighted by molar-refractivity contribution is -0.314. The first kappa shape index (κ1) is 42.4. The van der Waals surface area contributed by atoms with E-state index in [1.807, 2.05) is 34.7 Å². The Bertz CT molecular complexity index is 1400. The fourth-order valence-electron chi connectivity index (χ4n) is 10.7. The van der Waals surface area contributed by atoms with E-state index in [2.05, 4.69) is 25.2 Å². The number of hydrogen-bond acceptors (Lipinski definition) is 11. The van der Waals surface area contributed by atoms with E-state index in [9.17, 15) is 14.4 Å². The van der Waals surface area contributed by atoms with Crippen LogP contribution in [0.2, 0.25) is 0 Å². The minimum absolute atomic E-state index is 0.0152. The molecular formula is C43H67NO11. The molecule has 0 N–H and O–H groups in total. The molecule has 3 aliphatic carbocycles. The van der Waals surface area contributed by atoms with Crippen LogP contribution in [0.5, 0.6) is 0 Å². The van der Waals surface area contributed by atoms with Gasteiger partial charge in [-0.05, 0) is 88.0 Å². The highest BCUT2D eigenvalue weighted by molar-refractivity contribution is 5.99. The van der Waals surface area contributed by atoms with Crippen LogP contribution in [0.15, 0.2) is 23.8 Å². The van der Waals surface area contributed by atoms with Gasteiger partial charge in [-0.1, -0.05) is 39.0 Å². The number of carbonyl (C=O) groups excluding carboxylic acids is 3. The lowest BCUT2D eigenvalue weighted by atomic mass is 9.70. The molecule has 1 saturated carbocycles. The summed E-state index contributed by atoms with van der Waals surface area (Å²) in [5.74, 6) is -0.155. The maximum Gasteiger partial charge on any atom is 0.306 e. The predicted octanol–water partition coefficient (Wildman–Crippen LogP) is 5.79. The van der Waals surface area contributed by atoms with Crippen LogP contribution in [-0.4, -0.2) is 118 Å². The van der Waals surface area contributed by atoms with Crippen molar-refractivity contribution in [3.63, 3.8) is 0 Å². The summed E-state index contributed by atoms with van der Waals surface area (Å²) in [6, 6.07) is -0.0154. The Balaban J connectivity index is 1.19. The summed E-state index contributed by atoms with van der Waals surface area (Å²) >= 11 is 0. The number of esters is 1. The van der Waals surface area contributed by atoms with Gasteiger partial charge in [-0.25, -0.2) is 0 Å². The van der Waals surface area contributed by atoms with Gasteiger partial charge in [-0.15, -0.1) is 0 Å². The topological polar surface area (TPSA) is 128 Å². The number of nitrogens with zero attached hydrogens (tertiary/aromatic N) is 1. The van der Waals surface area contributed by atoms with Gasteiger partial charge in [-0.2, -0.15) is 0 Å². The first-order valence-corrected chi connectivity index (χ1v) is 21.0. The van der Waals surface area contributed by atoms with Gasteiger partial charge in [0.05, 0.1) is 36.9 Å². The molecule has 17 atom stereocenters. The molecule has 6 rings (SSSR count).